The summed E-state index contributed by atoms with van der Waals surface area (Å²) in [6.07, 6.45) is 1.30. The first-order valence-electron chi connectivity index (χ1n) is 6.25. The Balaban J connectivity index is 4.81. The summed E-state index contributed by atoms with van der Waals surface area (Å²) in [6.45, 7) is 19.1. The molecule has 0 aromatic rings. The van der Waals surface area contributed by atoms with Crippen molar-refractivity contribution in [2.75, 3.05) is 0 Å². The second-order valence-corrected chi connectivity index (χ2v) is 6.13. The average Bonchev–Trinajstić information content (AvgIpc) is 2.02. The van der Waals surface area contributed by atoms with Gasteiger partial charge in [0.05, 0.1) is 0 Å². The maximum atomic E-state index is 2.44. The molecule has 86 valence electrons. The Morgan fingerprint density at radius 2 is 1.36 bits per heavy atom. The Kier molecular flexibility index (Phi) is 5.19. The summed E-state index contributed by atoms with van der Waals surface area (Å²) >= 11 is 0. The fourth-order valence-corrected chi connectivity index (χ4v) is 2.89. The first-order valence-corrected chi connectivity index (χ1v) is 6.25. The molecule has 0 fully saturated rings. The van der Waals surface area contributed by atoms with Gasteiger partial charge in [0, 0.05) is 0 Å². The van der Waals surface area contributed by atoms with Gasteiger partial charge in [-0.2, -0.15) is 0 Å². The molecule has 0 N–H and O–H groups in total. The normalized spacial score (nSPS) is 17.6. The van der Waals surface area contributed by atoms with Gasteiger partial charge in [0.2, 0.25) is 0 Å². The molecule has 0 aliphatic heterocycles. The molecule has 0 aliphatic rings. The summed E-state index contributed by atoms with van der Waals surface area (Å²) in [5, 5.41) is 0. The Morgan fingerprint density at radius 3 is 1.57 bits per heavy atom. The second kappa shape index (κ2) is 5.19. The van der Waals surface area contributed by atoms with Crippen molar-refractivity contribution in [3.05, 3.63) is 0 Å². The molecule has 14 heavy (non-hydrogen) atoms. The minimum absolute atomic E-state index is 0.462. The van der Waals surface area contributed by atoms with Gasteiger partial charge in [-0.1, -0.05) is 61.8 Å². The minimum Gasteiger partial charge on any atom is -0.0651 e. The lowest BCUT2D eigenvalue weighted by molar-refractivity contribution is 0.0508. The number of hydrogen-bond donors (Lipinski definition) is 0. The van der Waals surface area contributed by atoms with Crippen LogP contribution in [0.2, 0.25) is 0 Å². The predicted molar refractivity (Wildman–Crippen MR) is 66.4 cm³/mol. The van der Waals surface area contributed by atoms with Crippen molar-refractivity contribution in [1.29, 1.82) is 0 Å². The molecule has 0 nitrogen and oxygen atoms in total. The van der Waals surface area contributed by atoms with E-state index in [1.807, 2.05) is 0 Å². The van der Waals surface area contributed by atoms with Crippen LogP contribution in [0.4, 0.5) is 0 Å². The molecule has 2 atom stereocenters. The summed E-state index contributed by atoms with van der Waals surface area (Å²) in [5.41, 5.74) is 0.462. The summed E-state index contributed by atoms with van der Waals surface area (Å²) in [7, 11) is 0. The van der Waals surface area contributed by atoms with Crippen LogP contribution in [-0.4, -0.2) is 0 Å². The van der Waals surface area contributed by atoms with Crippen LogP contribution in [0.5, 0.6) is 0 Å². The highest BCUT2D eigenvalue weighted by molar-refractivity contribution is 4.85. The van der Waals surface area contributed by atoms with E-state index in [1.54, 1.807) is 0 Å². The van der Waals surface area contributed by atoms with Crippen molar-refractivity contribution in [2.45, 2.75) is 61.8 Å². The zero-order valence-corrected chi connectivity index (χ0v) is 11.5. The lowest BCUT2D eigenvalue weighted by Crippen LogP contribution is -2.37. The van der Waals surface area contributed by atoms with E-state index in [0.717, 1.165) is 23.7 Å². The van der Waals surface area contributed by atoms with E-state index in [1.165, 1.54) is 6.42 Å². The summed E-state index contributed by atoms with van der Waals surface area (Å²) < 4.78 is 0. The Bertz CT molecular complexity index is 153. The van der Waals surface area contributed by atoms with Gasteiger partial charge in [0.15, 0.2) is 0 Å². The molecule has 0 aromatic heterocycles. The molecule has 2 unspecified atom stereocenters. The maximum absolute atomic E-state index is 2.44. The van der Waals surface area contributed by atoms with Crippen molar-refractivity contribution >= 4 is 0 Å². The maximum Gasteiger partial charge on any atom is -0.0298 e. The SMILES string of the molecule is CCC(C)C(C(C)C)C(C)(C)C(C)C. The van der Waals surface area contributed by atoms with Gasteiger partial charge >= 0.3 is 0 Å². The van der Waals surface area contributed by atoms with E-state index in [9.17, 15) is 0 Å². The third-order valence-electron chi connectivity index (χ3n) is 4.32. The topological polar surface area (TPSA) is 0 Å². The smallest absolute Gasteiger partial charge is 0.0298 e. The number of hydrogen-bond acceptors (Lipinski definition) is 0. The van der Waals surface area contributed by atoms with Crippen LogP contribution in [0.3, 0.4) is 0 Å². The molecule has 0 amide bonds. The standard InChI is InChI=1S/C14H30/c1-9-12(6)13(10(2)3)14(7,8)11(4)5/h10-13H,9H2,1-8H3. The van der Waals surface area contributed by atoms with Crippen molar-refractivity contribution in [3.63, 3.8) is 0 Å². The summed E-state index contributed by atoms with van der Waals surface area (Å²) in [6, 6.07) is 0. The molecule has 0 heterocycles. The summed E-state index contributed by atoms with van der Waals surface area (Å²) in [5.74, 6) is 3.24. The van der Waals surface area contributed by atoms with E-state index < -0.39 is 0 Å². The molecule has 0 aromatic carbocycles. The Labute approximate surface area is 91.5 Å². The van der Waals surface area contributed by atoms with Crippen molar-refractivity contribution in [3.8, 4) is 0 Å². The summed E-state index contributed by atoms with van der Waals surface area (Å²) in [4.78, 5) is 0. The van der Waals surface area contributed by atoms with E-state index in [0.29, 0.717) is 5.41 Å². The average molecular weight is 198 g/mol. The Morgan fingerprint density at radius 1 is 0.929 bits per heavy atom. The highest BCUT2D eigenvalue weighted by Crippen LogP contribution is 2.44. The van der Waals surface area contributed by atoms with Crippen LogP contribution in [0, 0.1) is 29.1 Å². The number of rotatable bonds is 5. The second-order valence-electron chi connectivity index (χ2n) is 6.13. The lowest BCUT2D eigenvalue weighted by Gasteiger charge is -2.44. The third-order valence-corrected chi connectivity index (χ3v) is 4.32. The monoisotopic (exact) mass is 198 g/mol. The van der Waals surface area contributed by atoms with Crippen LogP contribution >= 0.6 is 0 Å². The molecule has 0 spiro atoms. The molecule has 0 saturated carbocycles. The molecule has 0 bridgehead atoms. The third kappa shape index (κ3) is 3.00. The molecule has 0 heteroatoms. The highest BCUT2D eigenvalue weighted by atomic mass is 14.4. The van der Waals surface area contributed by atoms with Gasteiger partial charge in [-0.25, -0.2) is 0 Å². The van der Waals surface area contributed by atoms with Crippen molar-refractivity contribution in [2.24, 2.45) is 29.1 Å². The van der Waals surface area contributed by atoms with Crippen LogP contribution in [0.25, 0.3) is 0 Å². The molecular weight excluding hydrogens is 168 g/mol. The molecule has 0 aliphatic carbocycles. The van der Waals surface area contributed by atoms with Gasteiger partial charge in [-0.05, 0) is 29.1 Å². The van der Waals surface area contributed by atoms with Crippen LogP contribution in [-0.2, 0) is 0 Å². The van der Waals surface area contributed by atoms with Gasteiger partial charge < -0.3 is 0 Å². The largest absolute Gasteiger partial charge is 0.0651 e. The van der Waals surface area contributed by atoms with E-state index in [4.69, 9.17) is 0 Å². The first kappa shape index (κ1) is 14.0. The van der Waals surface area contributed by atoms with Crippen molar-refractivity contribution < 1.29 is 0 Å². The highest BCUT2D eigenvalue weighted by Gasteiger charge is 2.37. The van der Waals surface area contributed by atoms with Crippen LogP contribution in [0.15, 0.2) is 0 Å². The predicted octanol–water partition coefficient (Wildman–Crippen LogP) is 4.99. The van der Waals surface area contributed by atoms with Gasteiger partial charge in [-0.15, -0.1) is 0 Å². The fraction of sp³-hybridized carbons (Fsp3) is 1.00. The van der Waals surface area contributed by atoms with E-state index in [-0.39, 0.29) is 0 Å². The zero-order valence-electron chi connectivity index (χ0n) is 11.5. The minimum atomic E-state index is 0.462. The van der Waals surface area contributed by atoms with Gasteiger partial charge in [0.1, 0.15) is 0 Å². The first-order chi connectivity index (χ1) is 6.25. The molecule has 0 rings (SSSR count). The van der Waals surface area contributed by atoms with Crippen LogP contribution in [0.1, 0.15) is 61.8 Å². The van der Waals surface area contributed by atoms with E-state index >= 15 is 0 Å². The van der Waals surface area contributed by atoms with E-state index in [2.05, 4.69) is 55.4 Å². The molecule has 0 saturated heterocycles. The zero-order chi connectivity index (χ0) is 11.5. The Hall–Kier alpha value is 0. The van der Waals surface area contributed by atoms with Gasteiger partial charge in [-0.3, -0.25) is 0 Å². The van der Waals surface area contributed by atoms with Crippen LogP contribution < -0.4 is 0 Å². The molecule has 0 radical (unpaired) electrons. The molecular formula is C14H30. The quantitative estimate of drug-likeness (QED) is 0.584. The lowest BCUT2D eigenvalue weighted by atomic mass is 9.61. The van der Waals surface area contributed by atoms with Crippen molar-refractivity contribution in [1.82, 2.24) is 0 Å². The van der Waals surface area contributed by atoms with Gasteiger partial charge in [0.25, 0.3) is 0 Å². The fourth-order valence-electron chi connectivity index (χ4n) is 2.89.